The van der Waals surface area contributed by atoms with Gasteiger partial charge in [0.25, 0.3) is 0 Å². The molecule has 4 aliphatic carbocycles. The Balaban J connectivity index is 1.41. The zero-order chi connectivity index (χ0) is 28.2. The average Bonchev–Trinajstić information content (AvgIpc) is 3.58. The summed E-state index contributed by atoms with van der Waals surface area (Å²) in [6.07, 6.45) is 11.7. The summed E-state index contributed by atoms with van der Waals surface area (Å²) in [5.74, 6) is 9.40. The summed E-state index contributed by atoms with van der Waals surface area (Å²) >= 11 is 0. The molecule has 4 fully saturated rings. The molecule has 9 atom stereocenters. The van der Waals surface area contributed by atoms with Crippen molar-refractivity contribution in [3.63, 3.8) is 0 Å². The molecule has 4 aliphatic rings. The van der Waals surface area contributed by atoms with E-state index in [0.29, 0.717) is 22.7 Å². The van der Waals surface area contributed by atoms with E-state index in [1.807, 2.05) is 0 Å². The first kappa shape index (κ1) is 28.6. The molecule has 40 heavy (non-hydrogen) atoms. The van der Waals surface area contributed by atoms with Crippen LogP contribution in [0.5, 0.6) is 0 Å². The first-order valence-corrected chi connectivity index (χ1v) is 17.1. The Morgan fingerprint density at radius 3 is 1.32 bits per heavy atom. The van der Waals surface area contributed by atoms with Crippen LogP contribution in [0.2, 0.25) is 0 Å². The molecule has 0 aromatic heterocycles. The first-order chi connectivity index (χ1) is 19.0. The number of hydrogen-bond donors (Lipinski definition) is 0. The van der Waals surface area contributed by atoms with E-state index < -0.39 is 0 Å². The van der Waals surface area contributed by atoms with Gasteiger partial charge >= 0.3 is 0 Å². The predicted molar refractivity (Wildman–Crippen MR) is 171 cm³/mol. The van der Waals surface area contributed by atoms with E-state index >= 15 is 0 Å². The maximum Gasteiger partial charge on any atom is -0.0126 e. The van der Waals surface area contributed by atoms with Gasteiger partial charge in [0.1, 0.15) is 0 Å². The largest absolute Gasteiger partial charge is 0.0622 e. The molecule has 0 saturated heterocycles. The van der Waals surface area contributed by atoms with Crippen LogP contribution in [0.15, 0.2) is 60.7 Å². The van der Waals surface area contributed by atoms with Gasteiger partial charge in [-0.15, -0.1) is 0 Å². The molecule has 0 spiro atoms. The molecule has 6 rings (SSSR count). The SMILES string of the molecule is CC(C1CCCC1)C1C2CC(c3ccccc3)C(C(C)(C)C)CC2C2CC(C(C)(C)C)C(c3ccccc3)CC21. The first-order valence-electron chi connectivity index (χ1n) is 17.1. The zero-order valence-electron chi connectivity index (χ0n) is 26.8. The van der Waals surface area contributed by atoms with Crippen LogP contribution in [0.1, 0.15) is 123 Å². The Labute approximate surface area is 247 Å². The Hall–Kier alpha value is -1.56. The summed E-state index contributed by atoms with van der Waals surface area (Å²) in [6, 6.07) is 23.5. The molecular formula is C40H58. The summed E-state index contributed by atoms with van der Waals surface area (Å²) in [4.78, 5) is 0. The van der Waals surface area contributed by atoms with E-state index in [9.17, 15) is 0 Å². The second-order valence-corrected chi connectivity index (χ2v) is 17.1. The van der Waals surface area contributed by atoms with Crippen LogP contribution in [0.4, 0.5) is 0 Å². The van der Waals surface area contributed by atoms with Crippen molar-refractivity contribution in [1.29, 1.82) is 0 Å². The van der Waals surface area contributed by atoms with Crippen molar-refractivity contribution in [2.45, 2.75) is 112 Å². The Morgan fingerprint density at radius 2 is 0.950 bits per heavy atom. The van der Waals surface area contributed by atoms with Gasteiger partial charge < -0.3 is 0 Å². The van der Waals surface area contributed by atoms with E-state index in [0.717, 1.165) is 53.3 Å². The molecular weight excluding hydrogens is 480 g/mol. The molecule has 0 N–H and O–H groups in total. The lowest BCUT2D eigenvalue weighted by molar-refractivity contribution is 0.0336. The lowest BCUT2D eigenvalue weighted by atomic mass is 9.55. The molecule has 2 aromatic rings. The lowest BCUT2D eigenvalue weighted by Crippen LogP contribution is -2.40. The topological polar surface area (TPSA) is 0 Å². The van der Waals surface area contributed by atoms with Crippen molar-refractivity contribution >= 4 is 0 Å². The van der Waals surface area contributed by atoms with Crippen molar-refractivity contribution in [2.24, 2.45) is 64.1 Å². The Kier molecular flexibility index (Phi) is 7.80. The van der Waals surface area contributed by atoms with Crippen LogP contribution in [-0.4, -0.2) is 0 Å². The molecule has 4 saturated carbocycles. The van der Waals surface area contributed by atoms with Crippen LogP contribution in [0.25, 0.3) is 0 Å². The second-order valence-electron chi connectivity index (χ2n) is 17.1. The third-order valence-corrected chi connectivity index (χ3v) is 13.1. The van der Waals surface area contributed by atoms with Gasteiger partial charge in [-0.1, -0.05) is 135 Å². The molecule has 0 radical (unpaired) electrons. The van der Waals surface area contributed by atoms with E-state index in [1.54, 1.807) is 11.1 Å². The van der Waals surface area contributed by atoms with Crippen LogP contribution in [-0.2, 0) is 0 Å². The van der Waals surface area contributed by atoms with E-state index in [-0.39, 0.29) is 0 Å². The average molecular weight is 539 g/mol. The van der Waals surface area contributed by atoms with Gasteiger partial charge in [-0.05, 0) is 113 Å². The van der Waals surface area contributed by atoms with Gasteiger partial charge in [-0.3, -0.25) is 0 Å². The standard InChI is InChI=1S/C40H58/c1-26(27-16-14-15-17-27)38-34-22-30(28-18-10-8-11-19-28)36(39(2,3)4)24-32(34)33-25-37(40(5,6)7)31(23-35(33)38)29-20-12-9-13-21-29/h8-13,18-21,26-27,30-38H,14-17,22-25H2,1-7H3. The zero-order valence-corrected chi connectivity index (χ0v) is 26.8. The molecule has 0 heteroatoms. The highest BCUT2D eigenvalue weighted by Crippen LogP contribution is 2.68. The number of hydrogen-bond acceptors (Lipinski definition) is 0. The maximum atomic E-state index is 2.72. The molecule has 2 aromatic carbocycles. The fourth-order valence-electron chi connectivity index (χ4n) is 11.3. The highest BCUT2D eigenvalue weighted by Gasteiger charge is 2.60. The lowest BCUT2D eigenvalue weighted by Gasteiger charge is -2.49. The molecule has 218 valence electrons. The number of benzene rings is 2. The van der Waals surface area contributed by atoms with Crippen LogP contribution in [0, 0.1) is 64.1 Å². The third kappa shape index (κ3) is 5.24. The van der Waals surface area contributed by atoms with Crippen molar-refractivity contribution < 1.29 is 0 Å². The predicted octanol–water partition coefficient (Wildman–Crippen LogP) is 11.4. The van der Waals surface area contributed by atoms with Crippen LogP contribution < -0.4 is 0 Å². The fourth-order valence-corrected chi connectivity index (χ4v) is 11.3. The van der Waals surface area contributed by atoms with Gasteiger partial charge in [0, 0.05) is 0 Å². The number of fused-ring (bicyclic) bond motifs is 3. The third-order valence-electron chi connectivity index (χ3n) is 13.1. The molecule has 0 nitrogen and oxygen atoms in total. The normalized spacial score (nSPS) is 37.6. The summed E-state index contributed by atoms with van der Waals surface area (Å²) in [5, 5.41) is 0. The second kappa shape index (κ2) is 10.9. The summed E-state index contributed by atoms with van der Waals surface area (Å²) in [5.41, 5.74) is 3.94. The van der Waals surface area contributed by atoms with E-state index in [4.69, 9.17) is 0 Å². The fraction of sp³-hybridized carbons (Fsp3) is 0.700. The highest BCUT2D eigenvalue weighted by molar-refractivity contribution is 5.26. The molecule has 9 unspecified atom stereocenters. The minimum absolute atomic E-state index is 0.348. The molecule has 0 amide bonds. The van der Waals surface area contributed by atoms with E-state index in [1.165, 1.54) is 51.4 Å². The molecule has 0 bridgehead atoms. The monoisotopic (exact) mass is 538 g/mol. The van der Waals surface area contributed by atoms with E-state index in [2.05, 4.69) is 109 Å². The minimum atomic E-state index is 0.348. The van der Waals surface area contributed by atoms with Crippen molar-refractivity contribution in [3.8, 4) is 0 Å². The quantitative estimate of drug-likeness (QED) is 0.363. The van der Waals surface area contributed by atoms with Crippen molar-refractivity contribution in [3.05, 3.63) is 71.8 Å². The van der Waals surface area contributed by atoms with Gasteiger partial charge in [0.2, 0.25) is 0 Å². The minimum Gasteiger partial charge on any atom is -0.0622 e. The summed E-state index contributed by atoms with van der Waals surface area (Å²) in [7, 11) is 0. The van der Waals surface area contributed by atoms with Crippen molar-refractivity contribution in [2.75, 3.05) is 0 Å². The van der Waals surface area contributed by atoms with Crippen molar-refractivity contribution in [1.82, 2.24) is 0 Å². The smallest absolute Gasteiger partial charge is 0.0126 e. The summed E-state index contributed by atoms with van der Waals surface area (Å²) < 4.78 is 0. The highest BCUT2D eigenvalue weighted by atomic mass is 14.6. The van der Waals surface area contributed by atoms with Gasteiger partial charge in [-0.25, -0.2) is 0 Å². The molecule has 0 heterocycles. The van der Waals surface area contributed by atoms with Gasteiger partial charge in [0.15, 0.2) is 0 Å². The summed E-state index contributed by atoms with van der Waals surface area (Å²) in [6.45, 7) is 18.0. The Bertz CT molecular complexity index is 1010. The number of rotatable bonds is 4. The maximum absolute atomic E-state index is 2.72. The van der Waals surface area contributed by atoms with Gasteiger partial charge in [0.05, 0.1) is 0 Å². The van der Waals surface area contributed by atoms with Crippen LogP contribution in [0.3, 0.4) is 0 Å². The van der Waals surface area contributed by atoms with Gasteiger partial charge in [-0.2, -0.15) is 0 Å². The van der Waals surface area contributed by atoms with Crippen LogP contribution >= 0.6 is 0 Å². The Morgan fingerprint density at radius 1 is 0.550 bits per heavy atom. The molecule has 0 aliphatic heterocycles.